The molecule has 3 N–H and O–H groups in total. The van der Waals surface area contributed by atoms with E-state index in [0.29, 0.717) is 6.04 Å². The Morgan fingerprint density at radius 1 is 1.00 bits per heavy atom. The third-order valence-corrected chi connectivity index (χ3v) is 4.51. The summed E-state index contributed by atoms with van der Waals surface area (Å²) >= 11 is 0. The van der Waals surface area contributed by atoms with Crippen LogP contribution in [0, 0.1) is 0 Å². The van der Waals surface area contributed by atoms with E-state index in [4.69, 9.17) is 5.73 Å². The van der Waals surface area contributed by atoms with E-state index in [2.05, 4.69) is 17.1 Å². The highest BCUT2D eigenvalue weighted by Gasteiger charge is 2.22. The van der Waals surface area contributed by atoms with Crippen LogP contribution in [0.25, 0.3) is 0 Å². The maximum atomic E-state index is 5.96. The molecule has 0 amide bonds. The summed E-state index contributed by atoms with van der Waals surface area (Å²) in [7, 11) is 0. The number of nitrogens with one attached hydrogen (secondary N) is 1. The molecular weight excluding hydrogens is 210 g/mol. The predicted octanol–water partition coefficient (Wildman–Crippen LogP) is 1.72. The van der Waals surface area contributed by atoms with Crippen LogP contribution in [-0.4, -0.2) is 42.7 Å². The largest absolute Gasteiger partial charge is 0.328 e. The summed E-state index contributed by atoms with van der Waals surface area (Å²) in [4.78, 5) is 2.58. The lowest BCUT2D eigenvalue weighted by Gasteiger charge is -2.30. The van der Waals surface area contributed by atoms with Crippen LogP contribution in [0.4, 0.5) is 0 Å². The van der Waals surface area contributed by atoms with Crippen molar-refractivity contribution in [2.24, 2.45) is 5.73 Å². The van der Waals surface area contributed by atoms with Gasteiger partial charge < -0.3 is 16.0 Å². The van der Waals surface area contributed by atoms with Crippen LogP contribution >= 0.6 is 0 Å². The minimum absolute atomic E-state index is 0.470. The number of nitrogens with two attached hydrogens (primary N) is 1. The minimum Gasteiger partial charge on any atom is -0.328 e. The lowest BCUT2D eigenvalue weighted by Crippen LogP contribution is -2.43. The molecule has 0 aromatic carbocycles. The summed E-state index contributed by atoms with van der Waals surface area (Å²) in [5.74, 6) is 0. The van der Waals surface area contributed by atoms with E-state index in [1.807, 2.05) is 0 Å². The summed E-state index contributed by atoms with van der Waals surface area (Å²) in [5.41, 5.74) is 5.96. The number of rotatable bonds is 3. The quantitative estimate of drug-likeness (QED) is 0.788. The van der Waals surface area contributed by atoms with Gasteiger partial charge in [-0.1, -0.05) is 6.92 Å². The molecule has 1 atom stereocenters. The topological polar surface area (TPSA) is 41.3 Å². The van der Waals surface area contributed by atoms with Gasteiger partial charge in [0.25, 0.3) is 0 Å². The molecule has 2 fully saturated rings. The van der Waals surface area contributed by atoms with Crippen LogP contribution < -0.4 is 11.1 Å². The Morgan fingerprint density at radius 3 is 2.41 bits per heavy atom. The van der Waals surface area contributed by atoms with Gasteiger partial charge in [-0.05, 0) is 64.6 Å². The molecule has 1 saturated heterocycles. The number of hydrogen-bond donors (Lipinski definition) is 2. The molecule has 1 heterocycles. The minimum atomic E-state index is 0.470. The van der Waals surface area contributed by atoms with Crippen LogP contribution in [0.15, 0.2) is 0 Å². The first-order valence-corrected chi connectivity index (χ1v) is 7.52. The molecule has 2 rings (SSSR count). The van der Waals surface area contributed by atoms with Crippen molar-refractivity contribution in [2.45, 2.75) is 70.0 Å². The fourth-order valence-corrected chi connectivity index (χ4v) is 3.26. The Hall–Kier alpha value is -0.120. The van der Waals surface area contributed by atoms with E-state index in [0.717, 1.165) is 12.1 Å². The molecule has 1 saturated carbocycles. The van der Waals surface area contributed by atoms with Crippen molar-refractivity contribution in [3.8, 4) is 0 Å². The number of hydrogen-bond acceptors (Lipinski definition) is 3. The van der Waals surface area contributed by atoms with Gasteiger partial charge in [0.2, 0.25) is 0 Å². The van der Waals surface area contributed by atoms with Crippen molar-refractivity contribution in [2.75, 3.05) is 19.6 Å². The zero-order chi connectivity index (χ0) is 12.1. The lowest BCUT2D eigenvalue weighted by molar-refractivity contribution is 0.283. The summed E-state index contributed by atoms with van der Waals surface area (Å²) in [6.07, 6.45) is 9.05. The standard InChI is InChI=1S/C14H29N3/c1-2-17-10-3-4-13(9-11-17)16-14-7-5-12(15)6-8-14/h12-14,16H,2-11,15H2,1H3. The van der Waals surface area contributed by atoms with Crippen molar-refractivity contribution < 1.29 is 0 Å². The highest BCUT2D eigenvalue weighted by molar-refractivity contribution is 4.83. The molecule has 2 aliphatic rings. The Balaban J connectivity index is 1.71. The lowest BCUT2D eigenvalue weighted by atomic mass is 9.91. The van der Waals surface area contributed by atoms with Gasteiger partial charge in [-0.15, -0.1) is 0 Å². The molecular formula is C14H29N3. The normalized spacial score (nSPS) is 36.7. The van der Waals surface area contributed by atoms with Crippen molar-refractivity contribution in [1.82, 2.24) is 10.2 Å². The summed E-state index contributed by atoms with van der Waals surface area (Å²) in [6, 6.07) is 1.97. The Labute approximate surface area is 106 Å². The maximum Gasteiger partial charge on any atom is 0.00823 e. The summed E-state index contributed by atoms with van der Waals surface area (Å²) < 4.78 is 0. The van der Waals surface area contributed by atoms with E-state index in [-0.39, 0.29) is 0 Å². The fraction of sp³-hybridized carbons (Fsp3) is 1.00. The molecule has 0 aromatic rings. The second-order valence-electron chi connectivity index (χ2n) is 5.84. The first kappa shape index (κ1) is 13.3. The van der Waals surface area contributed by atoms with Gasteiger partial charge in [-0.3, -0.25) is 0 Å². The molecule has 0 spiro atoms. The highest BCUT2D eigenvalue weighted by atomic mass is 15.1. The van der Waals surface area contributed by atoms with Gasteiger partial charge in [-0.25, -0.2) is 0 Å². The van der Waals surface area contributed by atoms with E-state index in [1.165, 1.54) is 64.6 Å². The van der Waals surface area contributed by atoms with Crippen LogP contribution in [0.1, 0.15) is 51.9 Å². The summed E-state index contributed by atoms with van der Waals surface area (Å²) in [6.45, 7) is 6.06. The molecule has 0 radical (unpaired) electrons. The van der Waals surface area contributed by atoms with Gasteiger partial charge >= 0.3 is 0 Å². The second kappa shape index (κ2) is 6.72. The Kier molecular flexibility index (Phi) is 5.26. The van der Waals surface area contributed by atoms with E-state index >= 15 is 0 Å². The zero-order valence-corrected chi connectivity index (χ0v) is 11.3. The molecule has 1 aliphatic heterocycles. The third kappa shape index (κ3) is 4.23. The van der Waals surface area contributed by atoms with Crippen molar-refractivity contribution in [3.63, 3.8) is 0 Å². The first-order valence-electron chi connectivity index (χ1n) is 7.52. The fourth-order valence-electron chi connectivity index (χ4n) is 3.26. The van der Waals surface area contributed by atoms with E-state index < -0.39 is 0 Å². The van der Waals surface area contributed by atoms with Crippen LogP contribution in [0.2, 0.25) is 0 Å². The molecule has 0 bridgehead atoms. The van der Waals surface area contributed by atoms with E-state index in [1.54, 1.807) is 0 Å². The smallest absolute Gasteiger partial charge is 0.00823 e. The highest BCUT2D eigenvalue weighted by Crippen LogP contribution is 2.19. The molecule has 0 aromatic heterocycles. The van der Waals surface area contributed by atoms with Gasteiger partial charge in [0.15, 0.2) is 0 Å². The van der Waals surface area contributed by atoms with Gasteiger partial charge in [0.1, 0.15) is 0 Å². The molecule has 1 unspecified atom stereocenters. The van der Waals surface area contributed by atoms with E-state index in [9.17, 15) is 0 Å². The van der Waals surface area contributed by atoms with Crippen molar-refractivity contribution >= 4 is 0 Å². The van der Waals surface area contributed by atoms with Crippen LogP contribution in [0.3, 0.4) is 0 Å². The van der Waals surface area contributed by atoms with Gasteiger partial charge in [0, 0.05) is 18.1 Å². The predicted molar refractivity (Wildman–Crippen MR) is 73.1 cm³/mol. The average Bonchev–Trinajstić information content (AvgIpc) is 2.57. The monoisotopic (exact) mass is 239 g/mol. The van der Waals surface area contributed by atoms with Crippen LogP contribution in [-0.2, 0) is 0 Å². The second-order valence-corrected chi connectivity index (χ2v) is 5.84. The zero-order valence-electron chi connectivity index (χ0n) is 11.3. The SMILES string of the molecule is CCN1CCCC(NC2CCC(N)CC2)CC1. The molecule has 3 heteroatoms. The Morgan fingerprint density at radius 2 is 1.71 bits per heavy atom. The molecule has 3 nitrogen and oxygen atoms in total. The van der Waals surface area contributed by atoms with Crippen molar-refractivity contribution in [1.29, 1.82) is 0 Å². The van der Waals surface area contributed by atoms with Crippen molar-refractivity contribution in [3.05, 3.63) is 0 Å². The van der Waals surface area contributed by atoms with Gasteiger partial charge in [0.05, 0.1) is 0 Å². The van der Waals surface area contributed by atoms with Gasteiger partial charge in [-0.2, -0.15) is 0 Å². The molecule has 17 heavy (non-hydrogen) atoms. The molecule has 100 valence electrons. The number of likely N-dealkylation sites (tertiary alicyclic amines) is 1. The molecule has 1 aliphatic carbocycles. The Bertz CT molecular complexity index is 212. The summed E-state index contributed by atoms with van der Waals surface area (Å²) in [5, 5.41) is 3.88. The first-order chi connectivity index (χ1) is 8.28. The number of nitrogens with zero attached hydrogens (tertiary/aromatic N) is 1. The average molecular weight is 239 g/mol. The third-order valence-electron chi connectivity index (χ3n) is 4.51. The van der Waals surface area contributed by atoms with Crippen LogP contribution in [0.5, 0.6) is 0 Å². The maximum absolute atomic E-state index is 5.96.